The van der Waals surface area contributed by atoms with Gasteiger partial charge < -0.3 is 10.4 Å². The molecule has 1 aliphatic rings. The van der Waals surface area contributed by atoms with Gasteiger partial charge in [-0.2, -0.15) is 0 Å². The fraction of sp³-hybridized carbons (Fsp3) is 0.467. The van der Waals surface area contributed by atoms with E-state index in [0.717, 1.165) is 16.5 Å². The van der Waals surface area contributed by atoms with Gasteiger partial charge in [-0.3, -0.25) is 9.59 Å². The zero-order chi connectivity index (χ0) is 14.7. The van der Waals surface area contributed by atoms with Crippen molar-refractivity contribution in [2.24, 2.45) is 11.8 Å². The van der Waals surface area contributed by atoms with E-state index in [0.29, 0.717) is 12.8 Å². The molecule has 2 rings (SSSR count). The van der Waals surface area contributed by atoms with E-state index in [9.17, 15) is 9.59 Å². The second kappa shape index (κ2) is 6.39. The summed E-state index contributed by atoms with van der Waals surface area (Å²) in [6, 6.07) is 7.94. The molecule has 1 aromatic rings. The van der Waals surface area contributed by atoms with E-state index in [-0.39, 0.29) is 17.9 Å². The topological polar surface area (TPSA) is 66.4 Å². The highest BCUT2D eigenvalue weighted by Gasteiger charge is 2.41. The molecule has 1 fully saturated rings. The van der Waals surface area contributed by atoms with Crippen molar-refractivity contribution >= 4 is 27.8 Å². The smallest absolute Gasteiger partial charge is 0.307 e. The summed E-state index contributed by atoms with van der Waals surface area (Å²) in [6.45, 7) is 1.94. The Morgan fingerprint density at radius 1 is 1.40 bits per heavy atom. The normalized spacial score (nSPS) is 22.7. The molecular formula is C15H18BrNO3. The highest BCUT2D eigenvalue weighted by Crippen LogP contribution is 2.34. The van der Waals surface area contributed by atoms with E-state index in [2.05, 4.69) is 21.2 Å². The number of nitrogens with one attached hydrogen (secondary N) is 1. The van der Waals surface area contributed by atoms with E-state index in [1.807, 2.05) is 31.2 Å². The summed E-state index contributed by atoms with van der Waals surface area (Å²) in [6.07, 6.45) is 2.01. The summed E-state index contributed by atoms with van der Waals surface area (Å²) in [5, 5.41) is 11.9. The number of hydrogen-bond donors (Lipinski definition) is 2. The molecule has 0 aromatic heterocycles. The van der Waals surface area contributed by atoms with Crippen molar-refractivity contribution < 1.29 is 14.7 Å². The van der Waals surface area contributed by atoms with Gasteiger partial charge in [0.15, 0.2) is 0 Å². The van der Waals surface area contributed by atoms with Crippen LogP contribution in [0.1, 0.15) is 25.3 Å². The van der Waals surface area contributed by atoms with Gasteiger partial charge in [-0.25, -0.2) is 0 Å². The minimum absolute atomic E-state index is 0.00755. The first-order valence-electron chi connectivity index (χ1n) is 6.75. The van der Waals surface area contributed by atoms with Crippen molar-refractivity contribution in [3.8, 4) is 0 Å². The van der Waals surface area contributed by atoms with Crippen LogP contribution in [0.5, 0.6) is 0 Å². The first-order chi connectivity index (χ1) is 9.47. The summed E-state index contributed by atoms with van der Waals surface area (Å²) in [4.78, 5) is 22.9. The van der Waals surface area contributed by atoms with Gasteiger partial charge in [0.25, 0.3) is 0 Å². The number of rotatable bonds is 5. The molecule has 0 aliphatic heterocycles. The number of carboxylic acids is 1. The number of carbonyl (C=O) groups is 2. The van der Waals surface area contributed by atoms with Crippen LogP contribution in [0.3, 0.4) is 0 Å². The van der Waals surface area contributed by atoms with E-state index in [1.165, 1.54) is 0 Å². The molecule has 3 atom stereocenters. The molecule has 1 amide bonds. The SMILES string of the molecule is CC(Cc1cccc(Br)c1)NC(=O)C1CCC1C(=O)O. The quantitative estimate of drug-likeness (QED) is 0.866. The van der Waals surface area contributed by atoms with E-state index in [1.54, 1.807) is 0 Å². The van der Waals surface area contributed by atoms with Gasteiger partial charge >= 0.3 is 5.97 Å². The zero-order valence-electron chi connectivity index (χ0n) is 11.3. The van der Waals surface area contributed by atoms with Crippen molar-refractivity contribution in [1.29, 1.82) is 0 Å². The molecule has 1 aliphatic carbocycles. The number of hydrogen-bond acceptors (Lipinski definition) is 2. The molecular weight excluding hydrogens is 322 g/mol. The molecule has 1 saturated carbocycles. The fourth-order valence-corrected chi connectivity index (χ4v) is 2.97. The maximum Gasteiger partial charge on any atom is 0.307 e. The second-order valence-corrected chi connectivity index (χ2v) is 6.29. The number of carboxylic acid groups (broad SMARTS) is 1. The fourth-order valence-electron chi connectivity index (χ4n) is 2.53. The van der Waals surface area contributed by atoms with E-state index in [4.69, 9.17) is 5.11 Å². The van der Waals surface area contributed by atoms with Gasteiger partial charge in [-0.05, 0) is 43.9 Å². The van der Waals surface area contributed by atoms with Crippen LogP contribution < -0.4 is 5.32 Å². The molecule has 2 N–H and O–H groups in total. The molecule has 20 heavy (non-hydrogen) atoms. The Bertz CT molecular complexity index is 518. The van der Waals surface area contributed by atoms with E-state index < -0.39 is 11.9 Å². The molecule has 108 valence electrons. The molecule has 0 saturated heterocycles. The summed E-state index contributed by atoms with van der Waals surface area (Å²) in [5.74, 6) is -1.87. The zero-order valence-corrected chi connectivity index (χ0v) is 12.9. The first-order valence-corrected chi connectivity index (χ1v) is 7.54. The summed E-state index contributed by atoms with van der Waals surface area (Å²) in [5.41, 5.74) is 1.13. The molecule has 0 heterocycles. The Hall–Kier alpha value is -1.36. The second-order valence-electron chi connectivity index (χ2n) is 5.37. The Kier molecular flexibility index (Phi) is 4.81. The van der Waals surface area contributed by atoms with Crippen molar-refractivity contribution in [3.63, 3.8) is 0 Å². The van der Waals surface area contributed by atoms with Gasteiger partial charge in [-0.15, -0.1) is 0 Å². The van der Waals surface area contributed by atoms with Crippen LogP contribution in [0.15, 0.2) is 28.7 Å². The first kappa shape index (κ1) is 15.0. The van der Waals surface area contributed by atoms with E-state index >= 15 is 0 Å². The third-order valence-corrected chi connectivity index (χ3v) is 4.24. The predicted octanol–water partition coefficient (Wildman–Crippen LogP) is 2.61. The molecule has 4 nitrogen and oxygen atoms in total. The average molecular weight is 340 g/mol. The van der Waals surface area contributed by atoms with Crippen LogP contribution in [0.4, 0.5) is 0 Å². The van der Waals surface area contributed by atoms with Gasteiger partial charge in [0.05, 0.1) is 11.8 Å². The van der Waals surface area contributed by atoms with Crippen LogP contribution in [-0.2, 0) is 16.0 Å². The molecule has 0 bridgehead atoms. The minimum Gasteiger partial charge on any atom is -0.481 e. The summed E-state index contributed by atoms with van der Waals surface area (Å²) >= 11 is 3.42. The van der Waals surface area contributed by atoms with Crippen molar-refractivity contribution in [3.05, 3.63) is 34.3 Å². The lowest BCUT2D eigenvalue weighted by Gasteiger charge is -2.33. The molecule has 5 heteroatoms. The lowest BCUT2D eigenvalue weighted by molar-refractivity contribution is -0.152. The maximum atomic E-state index is 12.0. The number of aliphatic carboxylic acids is 1. The predicted molar refractivity (Wildman–Crippen MR) is 79.3 cm³/mol. The van der Waals surface area contributed by atoms with Crippen LogP contribution in [-0.4, -0.2) is 23.0 Å². The number of carbonyl (C=O) groups excluding carboxylic acids is 1. The maximum absolute atomic E-state index is 12.0. The van der Waals surface area contributed by atoms with Gasteiger partial charge in [0.2, 0.25) is 5.91 Å². The Balaban J connectivity index is 1.87. The average Bonchev–Trinajstić information content (AvgIpc) is 2.25. The highest BCUT2D eigenvalue weighted by atomic mass is 79.9. The van der Waals surface area contributed by atoms with Crippen LogP contribution >= 0.6 is 15.9 Å². The monoisotopic (exact) mass is 339 g/mol. The number of amides is 1. The third kappa shape index (κ3) is 3.60. The minimum atomic E-state index is -0.865. The Labute approximate surface area is 126 Å². The standard InChI is InChI=1S/C15H18BrNO3/c1-9(7-10-3-2-4-11(16)8-10)17-14(18)12-5-6-13(12)15(19)20/h2-4,8-9,12-13H,5-7H2,1H3,(H,17,18)(H,19,20). The number of benzene rings is 1. The van der Waals surface area contributed by atoms with Crippen molar-refractivity contribution in [2.75, 3.05) is 0 Å². The largest absolute Gasteiger partial charge is 0.481 e. The third-order valence-electron chi connectivity index (χ3n) is 3.75. The Morgan fingerprint density at radius 2 is 2.10 bits per heavy atom. The van der Waals surface area contributed by atoms with Crippen LogP contribution in [0.2, 0.25) is 0 Å². The lowest BCUT2D eigenvalue weighted by Crippen LogP contribution is -2.47. The van der Waals surface area contributed by atoms with Gasteiger partial charge in [-0.1, -0.05) is 28.1 Å². The van der Waals surface area contributed by atoms with Crippen LogP contribution in [0.25, 0.3) is 0 Å². The molecule has 1 aromatic carbocycles. The number of halogens is 1. The summed E-state index contributed by atoms with van der Waals surface area (Å²) in [7, 11) is 0. The van der Waals surface area contributed by atoms with Gasteiger partial charge in [0.1, 0.15) is 0 Å². The highest BCUT2D eigenvalue weighted by molar-refractivity contribution is 9.10. The summed E-state index contributed by atoms with van der Waals surface area (Å²) < 4.78 is 1.01. The molecule has 3 unspecified atom stereocenters. The Morgan fingerprint density at radius 3 is 2.65 bits per heavy atom. The lowest BCUT2D eigenvalue weighted by atomic mass is 9.73. The molecule has 0 spiro atoms. The van der Waals surface area contributed by atoms with Crippen molar-refractivity contribution in [2.45, 2.75) is 32.2 Å². The molecule has 0 radical (unpaired) electrons. The van der Waals surface area contributed by atoms with Crippen LogP contribution in [0, 0.1) is 11.8 Å². The van der Waals surface area contributed by atoms with Crippen molar-refractivity contribution in [1.82, 2.24) is 5.32 Å². The van der Waals surface area contributed by atoms with Gasteiger partial charge in [0, 0.05) is 10.5 Å².